The van der Waals surface area contributed by atoms with E-state index in [9.17, 15) is 9.18 Å². The third-order valence-corrected chi connectivity index (χ3v) is 3.82. The fourth-order valence-corrected chi connectivity index (χ4v) is 2.67. The van der Waals surface area contributed by atoms with Gasteiger partial charge in [0.1, 0.15) is 5.82 Å². The van der Waals surface area contributed by atoms with E-state index in [1.54, 1.807) is 0 Å². The number of nitrogens with zero attached hydrogens (tertiary/aromatic N) is 3. The van der Waals surface area contributed by atoms with Crippen LogP contribution in [0.1, 0.15) is 24.2 Å². The zero-order valence-corrected chi connectivity index (χ0v) is 13.4. The maximum Gasteiger partial charge on any atom is 0.336 e. The smallest absolute Gasteiger partial charge is 0.336 e. The van der Waals surface area contributed by atoms with Crippen LogP contribution in [0.5, 0.6) is 6.01 Å². The zero-order valence-electron chi connectivity index (χ0n) is 12.6. The summed E-state index contributed by atoms with van der Waals surface area (Å²) in [7, 11) is 0. The molecule has 0 aliphatic heterocycles. The van der Waals surface area contributed by atoms with Crippen LogP contribution in [0.15, 0.2) is 41.8 Å². The molecular weight excluding hydrogens is 317 g/mol. The Bertz CT molecular complexity index is 810. The minimum atomic E-state index is -0.401. The molecule has 0 atom stereocenters. The number of carbonyl (C=O) groups excluding carboxylic acids is 1. The lowest BCUT2D eigenvalue weighted by Gasteiger charge is -2.04. The predicted molar refractivity (Wildman–Crippen MR) is 85.2 cm³/mol. The van der Waals surface area contributed by atoms with Crippen LogP contribution in [0, 0.1) is 5.82 Å². The average molecular weight is 331 g/mol. The second-order valence-corrected chi connectivity index (χ2v) is 6.03. The first-order valence-electron chi connectivity index (χ1n) is 7.02. The Morgan fingerprint density at radius 3 is 2.61 bits per heavy atom. The summed E-state index contributed by atoms with van der Waals surface area (Å²) in [6.45, 7) is 3.71. The lowest BCUT2D eigenvalue weighted by atomic mass is 10.2. The van der Waals surface area contributed by atoms with Gasteiger partial charge in [-0.3, -0.25) is 4.79 Å². The van der Waals surface area contributed by atoms with Crippen molar-refractivity contribution in [2.45, 2.75) is 20.0 Å². The number of aromatic nitrogens is 3. The van der Waals surface area contributed by atoms with Crippen LogP contribution >= 0.6 is 11.3 Å². The lowest BCUT2D eigenvalue weighted by molar-refractivity contribution is 0.0943. The number of thiophene rings is 1. The first-order chi connectivity index (χ1) is 11.0. The van der Waals surface area contributed by atoms with Crippen molar-refractivity contribution in [1.29, 1.82) is 0 Å². The van der Waals surface area contributed by atoms with Crippen LogP contribution in [-0.4, -0.2) is 26.8 Å². The number of hydrogen-bond acceptors (Lipinski definition) is 5. The Labute approximate surface area is 136 Å². The summed E-state index contributed by atoms with van der Waals surface area (Å²) in [6, 6.07) is 9.16. The van der Waals surface area contributed by atoms with Gasteiger partial charge in [0, 0.05) is 5.56 Å². The number of halogens is 1. The molecule has 0 saturated heterocycles. The first-order valence-corrected chi connectivity index (χ1v) is 7.90. The van der Waals surface area contributed by atoms with Crippen molar-refractivity contribution in [2.75, 3.05) is 0 Å². The number of benzene rings is 1. The zero-order chi connectivity index (χ0) is 16.4. The molecule has 0 N–H and O–H groups in total. The summed E-state index contributed by atoms with van der Waals surface area (Å²) in [5.74, 6) is -0.382. The number of carbonyl (C=O) groups is 1. The van der Waals surface area contributed by atoms with Crippen molar-refractivity contribution >= 4 is 17.2 Å². The molecular formula is C16H14FN3O2S. The summed E-state index contributed by atoms with van der Waals surface area (Å²) < 4.78 is 19.7. The Morgan fingerprint density at radius 2 is 2.00 bits per heavy atom. The van der Waals surface area contributed by atoms with Crippen molar-refractivity contribution < 1.29 is 13.9 Å². The minimum absolute atomic E-state index is 0.108. The van der Waals surface area contributed by atoms with Crippen LogP contribution in [0.25, 0.3) is 10.7 Å². The average Bonchev–Trinajstić information content (AvgIpc) is 3.15. The highest BCUT2D eigenvalue weighted by Gasteiger charge is 2.21. The Morgan fingerprint density at radius 1 is 1.26 bits per heavy atom. The van der Waals surface area contributed by atoms with Gasteiger partial charge in [-0.25, -0.2) is 4.39 Å². The second-order valence-electron chi connectivity index (χ2n) is 5.09. The van der Waals surface area contributed by atoms with Gasteiger partial charge in [-0.2, -0.15) is 9.67 Å². The van der Waals surface area contributed by atoms with E-state index in [1.807, 2.05) is 31.4 Å². The molecule has 0 spiro atoms. The van der Waals surface area contributed by atoms with E-state index >= 15 is 0 Å². The van der Waals surface area contributed by atoms with Crippen molar-refractivity contribution in [2.24, 2.45) is 0 Å². The quantitative estimate of drug-likeness (QED) is 0.733. The van der Waals surface area contributed by atoms with Gasteiger partial charge in [0.2, 0.25) is 0 Å². The molecule has 0 bridgehead atoms. The number of ether oxygens (including phenoxy) is 1. The molecule has 2 heterocycles. The van der Waals surface area contributed by atoms with Crippen LogP contribution in [0.3, 0.4) is 0 Å². The third-order valence-electron chi connectivity index (χ3n) is 2.95. The van der Waals surface area contributed by atoms with E-state index in [0.717, 1.165) is 4.88 Å². The Kier molecular flexibility index (Phi) is 4.20. The molecule has 0 unspecified atom stereocenters. The van der Waals surface area contributed by atoms with Crippen molar-refractivity contribution in [3.05, 3.63) is 53.2 Å². The van der Waals surface area contributed by atoms with E-state index in [2.05, 4.69) is 10.1 Å². The van der Waals surface area contributed by atoms with Gasteiger partial charge < -0.3 is 4.74 Å². The SMILES string of the molecule is CC(C)Oc1nc(-c2cccs2)n(C(=O)c2ccc(F)cc2)n1. The van der Waals surface area contributed by atoms with Gasteiger partial charge in [0.05, 0.1) is 11.0 Å². The normalized spacial score (nSPS) is 11.0. The second kappa shape index (κ2) is 6.29. The van der Waals surface area contributed by atoms with Crippen LogP contribution in [-0.2, 0) is 0 Å². The summed E-state index contributed by atoms with van der Waals surface area (Å²) in [5.41, 5.74) is 0.324. The van der Waals surface area contributed by atoms with E-state index in [4.69, 9.17) is 4.74 Å². The van der Waals surface area contributed by atoms with E-state index in [-0.39, 0.29) is 18.0 Å². The summed E-state index contributed by atoms with van der Waals surface area (Å²) in [5, 5.41) is 6.04. The monoisotopic (exact) mass is 331 g/mol. The molecule has 3 rings (SSSR count). The van der Waals surface area contributed by atoms with Crippen molar-refractivity contribution in [3.63, 3.8) is 0 Å². The fourth-order valence-electron chi connectivity index (χ4n) is 1.98. The first kappa shape index (κ1) is 15.4. The standard InChI is InChI=1S/C16H14FN3O2S/c1-10(2)22-16-18-14(13-4-3-9-23-13)20(19-16)15(21)11-5-7-12(17)8-6-11/h3-10H,1-2H3. The lowest BCUT2D eigenvalue weighted by Crippen LogP contribution is -2.15. The van der Waals surface area contributed by atoms with Gasteiger partial charge >= 0.3 is 6.01 Å². The van der Waals surface area contributed by atoms with Crippen LogP contribution < -0.4 is 4.74 Å². The van der Waals surface area contributed by atoms with E-state index in [1.165, 1.54) is 40.3 Å². The predicted octanol–water partition coefficient (Wildman–Crippen LogP) is 3.62. The fraction of sp³-hybridized carbons (Fsp3) is 0.188. The number of rotatable bonds is 4. The highest BCUT2D eigenvalue weighted by atomic mass is 32.1. The summed E-state index contributed by atoms with van der Waals surface area (Å²) >= 11 is 1.45. The molecule has 0 saturated carbocycles. The molecule has 0 aliphatic rings. The molecule has 23 heavy (non-hydrogen) atoms. The molecule has 7 heteroatoms. The molecule has 118 valence electrons. The molecule has 0 fully saturated rings. The molecule has 5 nitrogen and oxygen atoms in total. The van der Waals surface area contributed by atoms with Crippen LogP contribution in [0.2, 0.25) is 0 Å². The van der Waals surface area contributed by atoms with Gasteiger partial charge in [-0.1, -0.05) is 6.07 Å². The molecule has 1 aromatic carbocycles. The van der Waals surface area contributed by atoms with Crippen molar-refractivity contribution in [3.8, 4) is 16.7 Å². The van der Waals surface area contributed by atoms with Crippen molar-refractivity contribution in [1.82, 2.24) is 14.8 Å². The topological polar surface area (TPSA) is 57.0 Å². The summed E-state index contributed by atoms with van der Waals surface area (Å²) in [6.07, 6.45) is -0.108. The molecule has 0 radical (unpaired) electrons. The molecule has 0 amide bonds. The molecule has 0 aliphatic carbocycles. The Balaban J connectivity index is 2.04. The van der Waals surface area contributed by atoms with Gasteiger partial charge in [0.25, 0.3) is 5.91 Å². The minimum Gasteiger partial charge on any atom is -0.460 e. The van der Waals surface area contributed by atoms with Crippen LogP contribution in [0.4, 0.5) is 4.39 Å². The highest BCUT2D eigenvalue weighted by molar-refractivity contribution is 7.13. The van der Waals surface area contributed by atoms with E-state index < -0.39 is 5.82 Å². The molecule has 3 aromatic rings. The number of hydrogen-bond donors (Lipinski definition) is 0. The summed E-state index contributed by atoms with van der Waals surface area (Å²) in [4.78, 5) is 17.8. The largest absolute Gasteiger partial charge is 0.460 e. The van der Waals surface area contributed by atoms with Gasteiger partial charge in [-0.15, -0.1) is 16.4 Å². The third kappa shape index (κ3) is 3.29. The maximum absolute atomic E-state index is 13.0. The highest BCUT2D eigenvalue weighted by Crippen LogP contribution is 2.25. The van der Waals surface area contributed by atoms with Gasteiger partial charge in [-0.05, 0) is 49.6 Å². The Hall–Kier alpha value is -2.54. The van der Waals surface area contributed by atoms with Gasteiger partial charge in [0.15, 0.2) is 5.82 Å². The van der Waals surface area contributed by atoms with E-state index in [0.29, 0.717) is 11.4 Å². The molecule has 2 aromatic heterocycles. The maximum atomic E-state index is 13.0.